The van der Waals surface area contributed by atoms with Gasteiger partial charge in [0.15, 0.2) is 6.61 Å². The highest BCUT2D eigenvalue weighted by atomic mass is 35.5. The van der Waals surface area contributed by atoms with Crippen molar-refractivity contribution in [2.45, 2.75) is 13.3 Å². The number of esters is 1. The van der Waals surface area contributed by atoms with Gasteiger partial charge in [0.05, 0.1) is 24.8 Å². The second-order valence-corrected chi connectivity index (χ2v) is 5.09. The Hall–Kier alpha value is -1.01. The summed E-state index contributed by atoms with van der Waals surface area (Å²) in [4.78, 5) is 11.5. The van der Waals surface area contributed by atoms with Gasteiger partial charge in [0.25, 0.3) is 0 Å². The van der Waals surface area contributed by atoms with Crippen molar-refractivity contribution >= 4 is 29.2 Å². The molecule has 124 valence electrons. The lowest BCUT2D eigenvalue weighted by molar-refractivity contribution is -0.146. The van der Waals surface area contributed by atoms with Crippen LogP contribution in [0.2, 0.25) is 10.0 Å². The molecule has 0 radical (unpaired) electrons. The van der Waals surface area contributed by atoms with E-state index in [9.17, 15) is 4.79 Å². The third kappa shape index (κ3) is 8.44. The molecule has 0 saturated carbocycles. The maximum Gasteiger partial charge on any atom is 0.344 e. The molecule has 0 aliphatic rings. The number of carbonyl (C=O) groups excluding carboxylic acids is 1. The van der Waals surface area contributed by atoms with Crippen LogP contribution in [0.15, 0.2) is 18.2 Å². The Kier molecular flexibility index (Phi) is 9.99. The number of ether oxygens (including phenoxy) is 4. The van der Waals surface area contributed by atoms with Crippen LogP contribution in [-0.4, -0.2) is 45.6 Å². The normalized spacial score (nSPS) is 10.5. The highest BCUT2D eigenvalue weighted by Crippen LogP contribution is 2.27. The molecule has 0 unspecified atom stereocenters. The van der Waals surface area contributed by atoms with E-state index in [1.807, 2.05) is 6.92 Å². The minimum Gasteiger partial charge on any atom is -0.480 e. The molecule has 1 aromatic rings. The summed E-state index contributed by atoms with van der Waals surface area (Å²) in [5.41, 5.74) is 0. The monoisotopic (exact) mass is 350 g/mol. The smallest absolute Gasteiger partial charge is 0.344 e. The molecule has 0 fully saturated rings. The van der Waals surface area contributed by atoms with Gasteiger partial charge >= 0.3 is 5.97 Å². The van der Waals surface area contributed by atoms with E-state index >= 15 is 0 Å². The maximum absolute atomic E-state index is 11.5. The average molecular weight is 351 g/mol. The quantitative estimate of drug-likeness (QED) is 0.452. The van der Waals surface area contributed by atoms with E-state index in [-0.39, 0.29) is 13.2 Å². The molecular formula is C15H20Cl2O5. The minimum atomic E-state index is -0.458. The summed E-state index contributed by atoms with van der Waals surface area (Å²) in [5.74, 6) is -0.0670. The van der Waals surface area contributed by atoms with Gasteiger partial charge in [0.2, 0.25) is 0 Å². The first-order chi connectivity index (χ1) is 10.6. The number of halogens is 2. The summed E-state index contributed by atoms with van der Waals surface area (Å²) >= 11 is 11.7. The maximum atomic E-state index is 11.5. The zero-order valence-electron chi connectivity index (χ0n) is 12.5. The predicted octanol–water partition coefficient (Wildman–Crippen LogP) is 3.36. The number of rotatable bonds is 11. The van der Waals surface area contributed by atoms with Gasteiger partial charge in [-0.25, -0.2) is 4.79 Å². The average Bonchev–Trinajstić information content (AvgIpc) is 2.49. The van der Waals surface area contributed by atoms with Crippen LogP contribution in [0.1, 0.15) is 13.3 Å². The lowest BCUT2D eigenvalue weighted by Crippen LogP contribution is -2.16. The fourth-order valence-corrected chi connectivity index (χ4v) is 1.94. The molecule has 0 aromatic heterocycles. The molecule has 0 heterocycles. The lowest BCUT2D eigenvalue weighted by Gasteiger charge is -2.09. The molecule has 0 bridgehead atoms. The van der Waals surface area contributed by atoms with Crippen molar-refractivity contribution in [1.82, 2.24) is 0 Å². The molecule has 0 N–H and O–H groups in total. The van der Waals surface area contributed by atoms with E-state index in [2.05, 4.69) is 0 Å². The largest absolute Gasteiger partial charge is 0.480 e. The van der Waals surface area contributed by atoms with E-state index < -0.39 is 5.97 Å². The Morgan fingerprint density at radius 2 is 1.86 bits per heavy atom. The molecule has 0 atom stereocenters. The van der Waals surface area contributed by atoms with Gasteiger partial charge in [0, 0.05) is 24.7 Å². The molecule has 0 aliphatic carbocycles. The number of benzene rings is 1. The van der Waals surface area contributed by atoms with Crippen molar-refractivity contribution in [3.05, 3.63) is 28.2 Å². The SMILES string of the molecule is CCOCCOCCCOC(=O)COc1ccc(Cl)cc1Cl. The fourth-order valence-electron chi connectivity index (χ4n) is 1.48. The molecule has 1 aromatic carbocycles. The van der Waals surface area contributed by atoms with Crippen molar-refractivity contribution in [3.8, 4) is 5.75 Å². The predicted molar refractivity (Wildman–Crippen MR) is 84.8 cm³/mol. The number of carbonyl (C=O) groups is 1. The van der Waals surface area contributed by atoms with Gasteiger partial charge in [-0.2, -0.15) is 0 Å². The van der Waals surface area contributed by atoms with E-state index in [1.54, 1.807) is 18.2 Å². The van der Waals surface area contributed by atoms with E-state index in [4.69, 9.17) is 42.1 Å². The second-order valence-electron chi connectivity index (χ2n) is 4.25. The van der Waals surface area contributed by atoms with Crippen LogP contribution in [0.25, 0.3) is 0 Å². The summed E-state index contributed by atoms with van der Waals surface area (Å²) in [6.45, 7) is 4.32. The van der Waals surface area contributed by atoms with Crippen LogP contribution >= 0.6 is 23.2 Å². The first-order valence-electron chi connectivity index (χ1n) is 7.02. The molecule has 7 heteroatoms. The standard InChI is InChI=1S/C15H20Cl2O5/c1-2-19-8-9-20-6-3-7-21-15(18)11-22-14-5-4-12(16)10-13(14)17/h4-5,10H,2-3,6-9,11H2,1H3. The number of hydrogen-bond acceptors (Lipinski definition) is 5. The molecule has 0 saturated heterocycles. The summed E-state index contributed by atoms with van der Waals surface area (Å²) in [7, 11) is 0. The lowest BCUT2D eigenvalue weighted by atomic mass is 10.3. The van der Waals surface area contributed by atoms with Crippen LogP contribution in [0, 0.1) is 0 Å². The van der Waals surface area contributed by atoms with Crippen LogP contribution < -0.4 is 4.74 Å². The van der Waals surface area contributed by atoms with Crippen LogP contribution in [0.5, 0.6) is 5.75 Å². The zero-order valence-corrected chi connectivity index (χ0v) is 14.0. The first-order valence-corrected chi connectivity index (χ1v) is 7.78. The van der Waals surface area contributed by atoms with Gasteiger partial charge in [-0.3, -0.25) is 0 Å². The van der Waals surface area contributed by atoms with Gasteiger partial charge in [-0.05, 0) is 25.1 Å². The van der Waals surface area contributed by atoms with Gasteiger partial charge in [-0.1, -0.05) is 23.2 Å². The van der Waals surface area contributed by atoms with Crippen molar-refractivity contribution in [2.75, 3.05) is 39.6 Å². The topological polar surface area (TPSA) is 54.0 Å². The third-order valence-corrected chi connectivity index (χ3v) is 3.04. The van der Waals surface area contributed by atoms with E-state index in [1.165, 1.54) is 0 Å². The Bertz CT molecular complexity index is 454. The molecule has 22 heavy (non-hydrogen) atoms. The molecule has 0 spiro atoms. The molecule has 1 rings (SSSR count). The number of hydrogen-bond donors (Lipinski definition) is 0. The molecule has 5 nitrogen and oxygen atoms in total. The van der Waals surface area contributed by atoms with Gasteiger partial charge in [-0.15, -0.1) is 0 Å². The highest BCUT2D eigenvalue weighted by Gasteiger charge is 2.07. The minimum absolute atomic E-state index is 0.202. The van der Waals surface area contributed by atoms with Crippen LogP contribution in [0.3, 0.4) is 0 Å². The molecular weight excluding hydrogens is 331 g/mol. The van der Waals surface area contributed by atoms with Gasteiger partial charge in [0.1, 0.15) is 5.75 Å². The van der Waals surface area contributed by atoms with Crippen molar-refractivity contribution in [2.24, 2.45) is 0 Å². The van der Waals surface area contributed by atoms with Gasteiger partial charge < -0.3 is 18.9 Å². The van der Waals surface area contributed by atoms with Crippen LogP contribution in [0.4, 0.5) is 0 Å². The first kappa shape index (κ1) is 19.0. The highest BCUT2D eigenvalue weighted by molar-refractivity contribution is 6.35. The summed E-state index contributed by atoms with van der Waals surface area (Å²) in [6, 6.07) is 4.78. The summed E-state index contributed by atoms with van der Waals surface area (Å²) < 4.78 is 20.7. The summed E-state index contributed by atoms with van der Waals surface area (Å²) in [5, 5.41) is 0.854. The Labute approximate surface area is 140 Å². The third-order valence-electron chi connectivity index (χ3n) is 2.51. The summed E-state index contributed by atoms with van der Waals surface area (Å²) in [6.07, 6.45) is 0.625. The van der Waals surface area contributed by atoms with Crippen molar-refractivity contribution in [1.29, 1.82) is 0 Å². The Morgan fingerprint density at radius 1 is 1.09 bits per heavy atom. The fraction of sp³-hybridized carbons (Fsp3) is 0.533. The Balaban J connectivity index is 2.06. The van der Waals surface area contributed by atoms with E-state index in [0.29, 0.717) is 48.6 Å². The van der Waals surface area contributed by atoms with E-state index in [0.717, 1.165) is 0 Å². The Morgan fingerprint density at radius 3 is 2.59 bits per heavy atom. The van der Waals surface area contributed by atoms with Crippen molar-refractivity contribution < 1.29 is 23.7 Å². The van der Waals surface area contributed by atoms with Crippen LogP contribution in [-0.2, 0) is 19.0 Å². The van der Waals surface area contributed by atoms with Crippen molar-refractivity contribution in [3.63, 3.8) is 0 Å². The molecule has 0 amide bonds. The zero-order chi connectivity index (χ0) is 16.2. The second kappa shape index (κ2) is 11.5. The molecule has 0 aliphatic heterocycles.